The molecule has 0 atom stereocenters. The molecule has 1 N–H and O–H groups in total. The van der Waals surface area contributed by atoms with Gasteiger partial charge in [0, 0.05) is 30.6 Å². The van der Waals surface area contributed by atoms with E-state index in [1.54, 1.807) is 21.8 Å². The Balaban J connectivity index is 2.24. The molecule has 0 aliphatic carbocycles. The van der Waals surface area contributed by atoms with E-state index in [1.165, 1.54) is 0 Å². The summed E-state index contributed by atoms with van der Waals surface area (Å²) in [5.74, 6) is 0. The van der Waals surface area contributed by atoms with Crippen LogP contribution in [-0.4, -0.2) is 31.3 Å². The highest BCUT2D eigenvalue weighted by Crippen LogP contribution is 2.16. The fraction of sp³-hybridized carbons (Fsp3) is 0.333. The number of rotatable bonds is 3. The molecule has 0 fully saturated rings. The average molecular weight is 192 g/mol. The number of aliphatic hydroxyl groups excluding tert-OH is 1. The maximum atomic E-state index is 8.73. The van der Waals surface area contributed by atoms with E-state index in [0.717, 1.165) is 11.1 Å². The lowest BCUT2D eigenvalue weighted by Crippen LogP contribution is -2.01. The molecule has 0 amide bonds. The predicted molar refractivity (Wildman–Crippen MR) is 51.5 cm³/mol. The van der Waals surface area contributed by atoms with E-state index in [0.29, 0.717) is 6.54 Å². The van der Waals surface area contributed by atoms with Gasteiger partial charge in [0.1, 0.15) is 0 Å². The van der Waals surface area contributed by atoms with Crippen molar-refractivity contribution in [1.82, 2.24) is 19.6 Å². The third-order valence-electron chi connectivity index (χ3n) is 2.00. The summed E-state index contributed by atoms with van der Waals surface area (Å²) in [4.78, 5) is 0. The highest BCUT2D eigenvalue weighted by Gasteiger charge is 2.02. The lowest BCUT2D eigenvalue weighted by molar-refractivity contribution is 0.269. The van der Waals surface area contributed by atoms with E-state index < -0.39 is 0 Å². The van der Waals surface area contributed by atoms with Gasteiger partial charge in [-0.05, 0) is 0 Å². The maximum Gasteiger partial charge on any atom is 0.0641 e. The molecule has 0 bridgehead atoms. The maximum absolute atomic E-state index is 8.73. The summed E-state index contributed by atoms with van der Waals surface area (Å²) in [6.45, 7) is 0.633. The minimum Gasteiger partial charge on any atom is -0.394 e. The SMILES string of the molecule is Cn1cc(-c2cnn(CCO)c2)cn1. The van der Waals surface area contributed by atoms with E-state index in [2.05, 4.69) is 10.2 Å². The Labute approximate surface area is 81.6 Å². The zero-order valence-electron chi connectivity index (χ0n) is 7.96. The van der Waals surface area contributed by atoms with E-state index in [-0.39, 0.29) is 6.61 Å². The van der Waals surface area contributed by atoms with Crippen LogP contribution in [0.2, 0.25) is 0 Å². The molecule has 2 heterocycles. The Morgan fingerprint density at radius 2 is 1.93 bits per heavy atom. The molecular weight excluding hydrogens is 180 g/mol. The van der Waals surface area contributed by atoms with Crippen LogP contribution >= 0.6 is 0 Å². The normalized spacial score (nSPS) is 10.7. The first-order chi connectivity index (χ1) is 6.79. The summed E-state index contributed by atoms with van der Waals surface area (Å²) in [6.07, 6.45) is 7.39. The summed E-state index contributed by atoms with van der Waals surface area (Å²) < 4.78 is 3.46. The second-order valence-electron chi connectivity index (χ2n) is 3.12. The molecule has 2 aromatic rings. The summed E-state index contributed by atoms with van der Waals surface area (Å²) in [5, 5.41) is 16.9. The Hall–Kier alpha value is -1.62. The van der Waals surface area contributed by atoms with Crippen LogP contribution in [0.3, 0.4) is 0 Å². The van der Waals surface area contributed by atoms with Crippen molar-refractivity contribution >= 4 is 0 Å². The topological polar surface area (TPSA) is 55.9 Å². The van der Waals surface area contributed by atoms with Gasteiger partial charge in [-0.3, -0.25) is 9.36 Å². The fourth-order valence-electron chi connectivity index (χ4n) is 1.31. The fourth-order valence-corrected chi connectivity index (χ4v) is 1.31. The average Bonchev–Trinajstić information content (AvgIpc) is 2.74. The smallest absolute Gasteiger partial charge is 0.0641 e. The van der Waals surface area contributed by atoms with Crippen LogP contribution < -0.4 is 0 Å². The number of hydrogen-bond acceptors (Lipinski definition) is 3. The summed E-state index contributed by atoms with van der Waals surface area (Å²) in [5.41, 5.74) is 2.06. The second kappa shape index (κ2) is 3.63. The molecule has 0 unspecified atom stereocenters. The third kappa shape index (κ3) is 1.67. The van der Waals surface area contributed by atoms with Gasteiger partial charge in [-0.1, -0.05) is 0 Å². The largest absolute Gasteiger partial charge is 0.394 e. The van der Waals surface area contributed by atoms with Crippen LogP contribution in [0.15, 0.2) is 24.8 Å². The van der Waals surface area contributed by atoms with Crippen LogP contribution in [0.5, 0.6) is 0 Å². The summed E-state index contributed by atoms with van der Waals surface area (Å²) >= 11 is 0. The number of nitrogens with zero attached hydrogens (tertiary/aromatic N) is 4. The Kier molecular flexibility index (Phi) is 2.32. The minimum atomic E-state index is 0.105. The molecule has 74 valence electrons. The molecule has 0 radical (unpaired) electrons. The van der Waals surface area contributed by atoms with Crippen molar-refractivity contribution in [3.8, 4) is 11.1 Å². The Morgan fingerprint density at radius 1 is 1.21 bits per heavy atom. The first-order valence-electron chi connectivity index (χ1n) is 4.42. The van der Waals surface area contributed by atoms with Gasteiger partial charge in [-0.25, -0.2) is 0 Å². The van der Waals surface area contributed by atoms with Crippen molar-refractivity contribution in [2.24, 2.45) is 7.05 Å². The van der Waals surface area contributed by atoms with Gasteiger partial charge in [0.15, 0.2) is 0 Å². The van der Waals surface area contributed by atoms with Crippen molar-refractivity contribution in [3.63, 3.8) is 0 Å². The van der Waals surface area contributed by atoms with Crippen LogP contribution in [0.4, 0.5) is 0 Å². The summed E-state index contributed by atoms with van der Waals surface area (Å²) in [6, 6.07) is 0. The van der Waals surface area contributed by atoms with Gasteiger partial charge in [-0.15, -0.1) is 0 Å². The lowest BCUT2D eigenvalue weighted by Gasteiger charge is -1.93. The van der Waals surface area contributed by atoms with Crippen molar-refractivity contribution < 1.29 is 5.11 Å². The Bertz CT molecular complexity index is 418. The number of hydrogen-bond donors (Lipinski definition) is 1. The molecular formula is C9H12N4O. The van der Waals surface area contributed by atoms with Crippen molar-refractivity contribution in [2.75, 3.05) is 6.61 Å². The van der Waals surface area contributed by atoms with Crippen LogP contribution in [-0.2, 0) is 13.6 Å². The van der Waals surface area contributed by atoms with Crippen molar-refractivity contribution in [3.05, 3.63) is 24.8 Å². The first kappa shape index (κ1) is 8.96. The highest BCUT2D eigenvalue weighted by atomic mass is 16.3. The molecule has 5 heteroatoms. The molecule has 0 saturated heterocycles. The first-order valence-corrected chi connectivity index (χ1v) is 4.42. The van der Waals surface area contributed by atoms with Crippen LogP contribution in [0.1, 0.15) is 0 Å². The third-order valence-corrected chi connectivity index (χ3v) is 2.00. The lowest BCUT2D eigenvalue weighted by atomic mass is 10.2. The second-order valence-corrected chi connectivity index (χ2v) is 3.12. The van der Waals surface area contributed by atoms with Gasteiger partial charge >= 0.3 is 0 Å². The quantitative estimate of drug-likeness (QED) is 0.759. The molecule has 5 nitrogen and oxygen atoms in total. The Morgan fingerprint density at radius 3 is 2.57 bits per heavy atom. The molecule has 2 rings (SSSR count). The zero-order chi connectivity index (χ0) is 9.97. The van der Waals surface area contributed by atoms with Gasteiger partial charge in [0.2, 0.25) is 0 Å². The molecule has 2 aromatic heterocycles. The molecule has 14 heavy (non-hydrogen) atoms. The molecule has 0 spiro atoms. The number of aromatic nitrogens is 4. The van der Waals surface area contributed by atoms with Gasteiger partial charge in [-0.2, -0.15) is 10.2 Å². The van der Waals surface area contributed by atoms with Gasteiger partial charge < -0.3 is 5.11 Å². The number of aryl methyl sites for hydroxylation is 1. The predicted octanol–water partition coefficient (Wildman–Crippen LogP) is 0.276. The molecule has 0 saturated carbocycles. The van der Waals surface area contributed by atoms with Crippen molar-refractivity contribution in [2.45, 2.75) is 6.54 Å². The van der Waals surface area contributed by atoms with E-state index in [9.17, 15) is 0 Å². The molecule has 0 aromatic carbocycles. The van der Waals surface area contributed by atoms with Crippen LogP contribution in [0.25, 0.3) is 11.1 Å². The van der Waals surface area contributed by atoms with Crippen LogP contribution in [0, 0.1) is 0 Å². The van der Waals surface area contributed by atoms with Gasteiger partial charge in [0.25, 0.3) is 0 Å². The monoisotopic (exact) mass is 192 g/mol. The van der Waals surface area contributed by atoms with E-state index >= 15 is 0 Å². The summed E-state index contributed by atoms with van der Waals surface area (Å²) in [7, 11) is 1.88. The van der Waals surface area contributed by atoms with Crippen molar-refractivity contribution in [1.29, 1.82) is 0 Å². The van der Waals surface area contributed by atoms with E-state index in [1.807, 2.05) is 19.4 Å². The highest BCUT2D eigenvalue weighted by molar-refractivity contribution is 5.59. The minimum absolute atomic E-state index is 0.105. The molecule has 0 aliphatic rings. The standard InChI is InChI=1S/C9H12N4O/c1-12-6-8(4-10-12)9-5-11-13(7-9)2-3-14/h4-7,14H,2-3H2,1H3. The van der Waals surface area contributed by atoms with Gasteiger partial charge in [0.05, 0.1) is 25.5 Å². The number of aliphatic hydroxyl groups is 1. The molecule has 0 aliphatic heterocycles. The van der Waals surface area contributed by atoms with E-state index in [4.69, 9.17) is 5.11 Å². The zero-order valence-corrected chi connectivity index (χ0v) is 7.96.